The maximum atomic E-state index is 13.0. The molecule has 30 heavy (non-hydrogen) atoms. The molecule has 9 heteroatoms. The lowest BCUT2D eigenvalue weighted by atomic mass is 10.1. The van der Waals surface area contributed by atoms with Crippen LogP contribution in [0.3, 0.4) is 0 Å². The van der Waals surface area contributed by atoms with Crippen LogP contribution >= 0.6 is 11.3 Å². The minimum atomic E-state index is -0.336. The fourth-order valence-corrected chi connectivity index (χ4v) is 3.58. The van der Waals surface area contributed by atoms with Crippen molar-refractivity contribution in [2.75, 3.05) is 5.32 Å². The number of anilines is 1. The summed E-state index contributed by atoms with van der Waals surface area (Å²) in [6, 6.07) is 13.2. The van der Waals surface area contributed by atoms with E-state index in [9.17, 15) is 9.18 Å². The van der Waals surface area contributed by atoms with Crippen molar-refractivity contribution in [2.24, 2.45) is 0 Å². The highest BCUT2D eigenvalue weighted by Gasteiger charge is 2.15. The first kappa shape index (κ1) is 19.7. The molecule has 0 aliphatic carbocycles. The molecule has 0 fully saturated rings. The highest BCUT2D eigenvalue weighted by atomic mass is 32.1. The predicted octanol–water partition coefficient (Wildman–Crippen LogP) is 4.40. The van der Waals surface area contributed by atoms with Crippen LogP contribution in [-0.2, 0) is 13.0 Å². The van der Waals surface area contributed by atoms with Crippen molar-refractivity contribution in [1.29, 1.82) is 0 Å². The average Bonchev–Trinajstić information content (AvgIpc) is 3.37. The van der Waals surface area contributed by atoms with E-state index >= 15 is 0 Å². The molecular formula is C21H17FN4O3S. The normalized spacial score (nSPS) is 10.7. The van der Waals surface area contributed by atoms with Crippen LogP contribution in [0.1, 0.15) is 32.5 Å². The Morgan fingerprint density at radius 2 is 2.00 bits per heavy atom. The smallest absolute Gasteiger partial charge is 0.261 e. The summed E-state index contributed by atoms with van der Waals surface area (Å²) in [5.41, 5.74) is 1.33. The van der Waals surface area contributed by atoms with Crippen LogP contribution in [0.5, 0.6) is 5.75 Å². The molecule has 0 aliphatic rings. The number of carbonyl (C=O) groups is 1. The third kappa shape index (κ3) is 4.87. The number of aryl methyl sites for hydroxylation is 1. The molecule has 0 saturated heterocycles. The molecule has 7 nitrogen and oxygen atoms in total. The van der Waals surface area contributed by atoms with Crippen molar-refractivity contribution in [3.63, 3.8) is 0 Å². The van der Waals surface area contributed by atoms with Gasteiger partial charge in [0.25, 0.3) is 5.91 Å². The molecule has 1 N–H and O–H groups in total. The van der Waals surface area contributed by atoms with E-state index in [2.05, 4.69) is 20.4 Å². The largest absolute Gasteiger partial charge is 0.485 e. The fraction of sp³-hybridized carbons (Fsp3) is 0.143. The van der Waals surface area contributed by atoms with Crippen LogP contribution in [0.2, 0.25) is 0 Å². The zero-order valence-electron chi connectivity index (χ0n) is 16.0. The van der Waals surface area contributed by atoms with E-state index in [0.717, 1.165) is 10.4 Å². The van der Waals surface area contributed by atoms with Crippen LogP contribution in [0.25, 0.3) is 0 Å². The van der Waals surface area contributed by atoms with Gasteiger partial charge in [0.05, 0.1) is 5.56 Å². The van der Waals surface area contributed by atoms with E-state index in [1.54, 1.807) is 49.5 Å². The molecule has 0 aliphatic heterocycles. The van der Waals surface area contributed by atoms with Gasteiger partial charge in [0.2, 0.25) is 11.7 Å². The summed E-state index contributed by atoms with van der Waals surface area (Å²) >= 11 is 1.36. The van der Waals surface area contributed by atoms with Crippen LogP contribution < -0.4 is 10.1 Å². The maximum absolute atomic E-state index is 13.0. The van der Waals surface area contributed by atoms with Crippen molar-refractivity contribution in [3.8, 4) is 5.75 Å². The molecule has 4 aromatic rings. The Hall–Kier alpha value is -3.59. The summed E-state index contributed by atoms with van der Waals surface area (Å²) in [5, 5.41) is 7.04. The molecule has 2 heterocycles. The Kier molecular flexibility index (Phi) is 5.80. The highest BCUT2D eigenvalue weighted by molar-refractivity contribution is 7.15. The van der Waals surface area contributed by atoms with E-state index in [-0.39, 0.29) is 18.3 Å². The lowest BCUT2D eigenvalue weighted by Gasteiger charge is -2.09. The van der Waals surface area contributed by atoms with Crippen molar-refractivity contribution in [2.45, 2.75) is 20.0 Å². The summed E-state index contributed by atoms with van der Waals surface area (Å²) < 4.78 is 23.7. The predicted molar refractivity (Wildman–Crippen MR) is 109 cm³/mol. The molecule has 2 aromatic heterocycles. The second-order valence-corrected chi connectivity index (χ2v) is 7.52. The summed E-state index contributed by atoms with van der Waals surface area (Å²) in [6.07, 6.45) is 2.31. The Bertz CT molecular complexity index is 1160. The molecule has 2 aromatic carbocycles. The van der Waals surface area contributed by atoms with Gasteiger partial charge < -0.3 is 9.26 Å². The van der Waals surface area contributed by atoms with E-state index < -0.39 is 0 Å². The molecule has 0 radical (unpaired) electrons. The van der Waals surface area contributed by atoms with Crippen LogP contribution in [-0.4, -0.2) is 21.0 Å². The highest BCUT2D eigenvalue weighted by Crippen LogP contribution is 2.24. The summed E-state index contributed by atoms with van der Waals surface area (Å²) in [6.45, 7) is 1.77. The molecule has 0 unspecified atom stereocenters. The van der Waals surface area contributed by atoms with Gasteiger partial charge >= 0.3 is 0 Å². The topological polar surface area (TPSA) is 90.1 Å². The number of hydrogen-bond acceptors (Lipinski definition) is 7. The molecule has 4 rings (SSSR count). The zero-order valence-corrected chi connectivity index (χ0v) is 16.8. The van der Waals surface area contributed by atoms with Crippen molar-refractivity contribution in [3.05, 3.63) is 88.3 Å². The third-order valence-electron chi connectivity index (χ3n) is 4.12. The molecule has 0 bridgehead atoms. The molecule has 0 saturated carbocycles. The number of para-hydroxylation sites is 1. The Balaban J connectivity index is 1.41. The standard InChI is InChI=1S/C21H17FN4O3S/c1-13-24-19(26-29-13)12-28-18-5-3-2-4-17(18)20(27)25-21-23-11-16(30-21)10-14-6-8-15(22)9-7-14/h2-9,11H,10,12H2,1H3,(H,23,25,27). The van der Waals surface area contributed by atoms with Gasteiger partial charge in [-0.1, -0.05) is 29.4 Å². The Morgan fingerprint density at radius 3 is 2.77 bits per heavy atom. The first-order chi connectivity index (χ1) is 14.6. The fourth-order valence-electron chi connectivity index (χ4n) is 2.74. The van der Waals surface area contributed by atoms with Gasteiger partial charge in [-0.05, 0) is 29.8 Å². The maximum Gasteiger partial charge on any atom is 0.261 e. The van der Waals surface area contributed by atoms with Crippen molar-refractivity contribution in [1.82, 2.24) is 15.1 Å². The minimum Gasteiger partial charge on any atom is -0.485 e. The quantitative estimate of drug-likeness (QED) is 0.473. The van der Waals surface area contributed by atoms with Gasteiger partial charge in [-0.15, -0.1) is 11.3 Å². The number of rotatable bonds is 7. The molecule has 152 valence electrons. The van der Waals surface area contributed by atoms with E-state index in [1.165, 1.54) is 23.5 Å². The van der Waals surface area contributed by atoms with Gasteiger partial charge in [-0.2, -0.15) is 4.98 Å². The van der Waals surface area contributed by atoms with Crippen LogP contribution in [0.15, 0.2) is 59.3 Å². The number of thiazole rings is 1. The number of nitrogens with one attached hydrogen (secondary N) is 1. The van der Waals surface area contributed by atoms with Crippen molar-refractivity contribution < 1.29 is 18.4 Å². The SMILES string of the molecule is Cc1nc(COc2ccccc2C(=O)Nc2ncc(Cc3ccc(F)cc3)s2)no1. The van der Waals surface area contributed by atoms with E-state index in [4.69, 9.17) is 9.26 Å². The van der Waals surface area contributed by atoms with Crippen LogP contribution in [0.4, 0.5) is 9.52 Å². The first-order valence-electron chi connectivity index (χ1n) is 9.08. The molecule has 1 amide bonds. The number of halogens is 1. The number of carbonyl (C=O) groups excluding carboxylic acids is 1. The second-order valence-electron chi connectivity index (χ2n) is 6.40. The number of benzene rings is 2. The van der Waals surface area contributed by atoms with E-state index in [1.807, 2.05) is 0 Å². The Labute approximate surface area is 175 Å². The number of nitrogens with zero attached hydrogens (tertiary/aromatic N) is 3. The second kappa shape index (κ2) is 8.83. The van der Waals surface area contributed by atoms with Gasteiger partial charge in [0, 0.05) is 24.4 Å². The van der Waals surface area contributed by atoms with Crippen LogP contribution in [0, 0.1) is 12.7 Å². The van der Waals surface area contributed by atoms with Gasteiger partial charge in [-0.3, -0.25) is 10.1 Å². The number of aromatic nitrogens is 3. The molecule has 0 atom stereocenters. The number of ether oxygens (including phenoxy) is 1. The lowest BCUT2D eigenvalue weighted by molar-refractivity contribution is 0.102. The monoisotopic (exact) mass is 424 g/mol. The third-order valence-corrected chi connectivity index (χ3v) is 5.04. The van der Waals surface area contributed by atoms with Gasteiger partial charge in [0.1, 0.15) is 11.6 Å². The zero-order chi connectivity index (χ0) is 20.9. The Morgan fingerprint density at radius 1 is 1.20 bits per heavy atom. The summed E-state index contributed by atoms with van der Waals surface area (Å²) in [4.78, 5) is 22.0. The summed E-state index contributed by atoms with van der Waals surface area (Å²) in [7, 11) is 0. The molecule has 0 spiro atoms. The lowest BCUT2D eigenvalue weighted by Crippen LogP contribution is -2.13. The number of amides is 1. The van der Waals surface area contributed by atoms with Gasteiger partial charge in [-0.25, -0.2) is 9.37 Å². The first-order valence-corrected chi connectivity index (χ1v) is 9.90. The minimum absolute atomic E-state index is 0.0840. The summed E-state index contributed by atoms with van der Waals surface area (Å²) in [5.74, 6) is 0.636. The van der Waals surface area contributed by atoms with E-state index in [0.29, 0.717) is 34.6 Å². The average molecular weight is 424 g/mol. The molecular weight excluding hydrogens is 407 g/mol. The van der Waals surface area contributed by atoms with Crippen molar-refractivity contribution >= 4 is 22.4 Å². The van der Waals surface area contributed by atoms with Gasteiger partial charge in [0.15, 0.2) is 11.7 Å². The number of hydrogen-bond donors (Lipinski definition) is 1.